The predicted octanol–water partition coefficient (Wildman–Crippen LogP) is 0.520. The van der Waals surface area contributed by atoms with Gasteiger partial charge in [-0.2, -0.15) is 5.26 Å². The molecule has 14 heavy (non-hydrogen) atoms. The molecule has 0 saturated heterocycles. The molecule has 0 radical (unpaired) electrons. The molecule has 0 fully saturated rings. The van der Waals surface area contributed by atoms with Gasteiger partial charge in [0.15, 0.2) is 0 Å². The minimum absolute atomic E-state index is 0.392. The summed E-state index contributed by atoms with van der Waals surface area (Å²) in [6.07, 6.45) is 0. The zero-order chi connectivity index (χ0) is 9.97. The van der Waals surface area contributed by atoms with E-state index >= 15 is 0 Å². The van der Waals surface area contributed by atoms with Crippen molar-refractivity contribution in [1.29, 1.82) is 5.26 Å². The Labute approximate surface area is 86.8 Å². The van der Waals surface area contributed by atoms with Gasteiger partial charge in [-0.1, -0.05) is 12.1 Å². The molecular weight excluding hydrogens is 197 g/mol. The lowest BCUT2D eigenvalue weighted by Gasteiger charge is -2.04. The van der Waals surface area contributed by atoms with Crippen LogP contribution in [0.4, 0.5) is 0 Å². The summed E-state index contributed by atoms with van der Waals surface area (Å²) in [5.41, 5.74) is 1.84. The van der Waals surface area contributed by atoms with Gasteiger partial charge in [0, 0.05) is 10.4 Å². The van der Waals surface area contributed by atoms with Crippen molar-refractivity contribution in [3.63, 3.8) is 0 Å². The van der Waals surface area contributed by atoms with E-state index in [4.69, 9.17) is 9.92 Å². The van der Waals surface area contributed by atoms with Crippen LogP contribution in [0.1, 0.15) is 5.56 Å². The maximum Gasteiger partial charge on any atom is 0.492 e. The Morgan fingerprint density at radius 3 is 3.29 bits per heavy atom. The van der Waals surface area contributed by atoms with E-state index in [1.165, 1.54) is 11.8 Å². The molecule has 0 aromatic heterocycles. The minimum Gasteiger partial charge on any atom is -0.423 e. The van der Waals surface area contributed by atoms with Gasteiger partial charge in [-0.25, -0.2) is 0 Å². The molecule has 1 aromatic rings. The van der Waals surface area contributed by atoms with Crippen LogP contribution in [0.2, 0.25) is 0 Å². The normalized spacial score (nSPS) is 13.9. The molecule has 70 valence electrons. The summed E-state index contributed by atoms with van der Waals surface area (Å²) in [4.78, 5) is 0.939. The lowest BCUT2D eigenvalue weighted by molar-refractivity contribution is 0.275. The van der Waals surface area contributed by atoms with E-state index < -0.39 is 7.12 Å². The summed E-state index contributed by atoms with van der Waals surface area (Å²) in [5, 5.41) is 18.0. The summed E-state index contributed by atoms with van der Waals surface area (Å²) in [5.74, 6) is 0.392. The fourth-order valence-corrected chi connectivity index (χ4v) is 2.27. The van der Waals surface area contributed by atoms with E-state index in [-0.39, 0.29) is 0 Å². The molecule has 1 N–H and O–H groups in total. The number of nitrogens with zero attached hydrogens (tertiary/aromatic N) is 1. The van der Waals surface area contributed by atoms with Crippen LogP contribution < -0.4 is 5.46 Å². The Balaban J connectivity index is 2.33. The highest BCUT2D eigenvalue weighted by Crippen LogP contribution is 2.21. The van der Waals surface area contributed by atoms with Crippen molar-refractivity contribution < 1.29 is 9.68 Å². The Morgan fingerprint density at radius 2 is 2.50 bits per heavy atom. The first kappa shape index (κ1) is 9.59. The molecule has 0 amide bonds. The fourth-order valence-electron chi connectivity index (χ4n) is 1.48. The lowest BCUT2D eigenvalue weighted by atomic mass is 9.79. The van der Waals surface area contributed by atoms with Crippen LogP contribution in [0.25, 0.3) is 0 Å². The Kier molecular flexibility index (Phi) is 2.78. The third kappa shape index (κ3) is 1.64. The zero-order valence-electron chi connectivity index (χ0n) is 7.43. The monoisotopic (exact) mass is 205 g/mol. The zero-order valence-corrected chi connectivity index (χ0v) is 8.25. The number of rotatable bonds is 2. The molecule has 2 rings (SSSR count). The van der Waals surface area contributed by atoms with Crippen LogP contribution in [0, 0.1) is 11.3 Å². The summed E-state index contributed by atoms with van der Waals surface area (Å²) < 4.78 is 5.10. The molecule has 0 spiro atoms. The van der Waals surface area contributed by atoms with Gasteiger partial charge >= 0.3 is 7.12 Å². The lowest BCUT2D eigenvalue weighted by Crippen LogP contribution is -2.29. The van der Waals surface area contributed by atoms with Crippen molar-refractivity contribution >= 4 is 24.3 Å². The smallest absolute Gasteiger partial charge is 0.423 e. The first-order valence-electron chi connectivity index (χ1n) is 4.24. The molecule has 1 aromatic carbocycles. The van der Waals surface area contributed by atoms with Crippen molar-refractivity contribution in [2.75, 3.05) is 5.75 Å². The molecule has 1 aliphatic heterocycles. The van der Waals surface area contributed by atoms with E-state index in [9.17, 15) is 5.02 Å². The number of nitriles is 1. The highest BCUT2D eigenvalue weighted by molar-refractivity contribution is 7.99. The van der Waals surface area contributed by atoms with Crippen LogP contribution in [-0.4, -0.2) is 17.9 Å². The number of thioether (sulfide) groups is 1. The Hall–Kier alpha value is -0.955. The second kappa shape index (κ2) is 4.05. The summed E-state index contributed by atoms with van der Waals surface area (Å²) >= 11 is 1.43. The molecule has 5 heteroatoms. The fraction of sp³-hybridized carbons (Fsp3) is 0.222. The van der Waals surface area contributed by atoms with Gasteiger partial charge in [0.05, 0.1) is 18.4 Å². The topological polar surface area (TPSA) is 53.2 Å². The first-order valence-corrected chi connectivity index (χ1v) is 5.22. The average Bonchev–Trinajstić information content (AvgIpc) is 2.58. The molecular formula is C9H8BNO2S. The van der Waals surface area contributed by atoms with Crippen LogP contribution >= 0.6 is 11.8 Å². The molecule has 0 unspecified atom stereocenters. The number of hydrogen-bond acceptors (Lipinski definition) is 4. The number of fused-ring (bicyclic) bond motifs is 1. The van der Waals surface area contributed by atoms with Gasteiger partial charge in [0.2, 0.25) is 0 Å². The molecule has 3 nitrogen and oxygen atoms in total. The standard InChI is InChI=1S/C9H8BNO2S/c11-4-5-14-8-3-1-2-7-6-13-10(12)9(7)8/h1-3,12H,5-6H2. The van der Waals surface area contributed by atoms with E-state index in [0.717, 1.165) is 15.9 Å². The molecule has 1 heterocycles. The van der Waals surface area contributed by atoms with E-state index in [2.05, 4.69) is 6.07 Å². The minimum atomic E-state index is -0.826. The average molecular weight is 205 g/mol. The third-order valence-electron chi connectivity index (χ3n) is 2.09. The SMILES string of the molecule is N#CCSc1cccc2c1B(O)OC2. The molecule has 0 saturated carbocycles. The second-order valence-electron chi connectivity index (χ2n) is 2.94. The van der Waals surface area contributed by atoms with Gasteiger partial charge in [0.1, 0.15) is 0 Å². The van der Waals surface area contributed by atoms with E-state index in [0.29, 0.717) is 12.4 Å². The Bertz CT molecular complexity index is 391. The molecule has 1 aliphatic rings. The Morgan fingerprint density at radius 1 is 1.64 bits per heavy atom. The van der Waals surface area contributed by atoms with Crippen molar-refractivity contribution in [2.45, 2.75) is 11.5 Å². The van der Waals surface area contributed by atoms with Gasteiger partial charge < -0.3 is 9.68 Å². The van der Waals surface area contributed by atoms with Crippen molar-refractivity contribution in [2.24, 2.45) is 0 Å². The number of hydrogen-bond donors (Lipinski definition) is 1. The predicted molar refractivity (Wildman–Crippen MR) is 55.2 cm³/mol. The number of benzene rings is 1. The van der Waals surface area contributed by atoms with Gasteiger partial charge in [-0.15, -0.1) is 11.8 Å². The van der Waals surface area contributed by atoms with Crippen LogP contribution in [0.3, 0.4) is 0 Å². The van der Waals surface area contributed by atoms with Gasteiger partial charge in [-0.3, -0.25) is 0 Å². The van der Waals surface area contributed by atoms with Gasteiger partial charge in [-0.05, 0) is 11.6 Å². The maximum absolute atomic E-state index is 9.54. The van der Waals surface area contributed by atoms with E-state index in [1.54, 1.807) is 0 Å². The maximum atomic E-state index is 9.54. The molecule has 0 aliphatic carbocycles. The highest BCUT2D eigenvalue weighted by Gasteiger charge is 2.29. The summed E-state index contributed by atoms with van der Waals surface area (Å²) in [7, 11) is -0.826. The van der Waals surface area contributed by atoms with Crippen molar-refractivity contribution in [3.05, 3.63) is 23.8 Å². The van der Waals surface area contributed by atoms with Crippen molar-refractivity contribution in [3.8, 4) is 6.07 Å². The van der Waals surface area contributed by atoms with E-state index in [1.807, 2.05) is 18.2 Å². The summed E-state index contributed by atoms with van der Waals surface area (Å²) in [6, 6.07) is 7.81. The molecule has 0 atom stereocenters. The van der Waals surface area contributed by atoms with Gasteiger partial charge in [0.25, 0.3) is 0 Å². The first-order chi connectivity index (χ1) is 6.83. The summed E-state index contributed by atoms with van der Waals surface area (Å²) in [6.45, 7) is 0.456. The van der Waals surface area contributed by atoms with Crippen LogP contribution in [0.15, 0.2) is 23.1 Å². The third-order valence-corrected chi connectivity index (χ3v) is 3.03. The van der Waals surface area contributed by atoms with Crippen molar-refractivity contribution in [1.82, 2.24) is 0 Å². The highest BCUT2D eigenvalue weighted by atomic mass is 32.2. The van der Waals surface area contributed by atoms with Crippen LogP contribution in [-0.2, 0) is 11.3 Å². The largest absolute Gasteiger partial charge is 0.492 e. The molecule has 0 bridgehead atoms. The quantitative estimate of drug-likeness (QED) is 0.564. The van der Waals surface area contributed by atoms with Crippen LogP contribution in [0.5, 0.6) is 0 Å². The second-order valence-corrected chi connectivity index (χ2v) is 3.96.